The van der Waals surface area contributed by atoms with Gasteiger partial charge in [-0.3, -0.25) is 15.0 Å². The van der Waals surface area contributed by atoms with E-state index in [2.05, 4.69) is 22.4 Å². The van der Waals surface area contributed by atoms with Gasteiger partial charge in [0.15, 0.2) is 0 Å². The fourth-order valence-electron chi connectivity index (χ4n) is 4.29. The lowest BCUT2D eigenvalue weighted by atomic mass is 9.85. The Morgan fingerprint density at radius 2 is 2.03 bits per heavy atom. The molecule has 2 aliphatic rings. The molecule has 4 rings (SSSR count). The van der Waals surface area contributed by atoms with Crippen LogP contribution in [0, 0.1) is 0 Å². The Labute approximate surface area is 170 Å². The van der Waals surface area contributed by atoms with E-state index in [9.17, 15) is 9.59 Å². The van der Waals surface area contributed by atoms with Gasteiger partial charge in [0.2, 0.25) is 11.8 Å². The number of amides is 2. The third kappa shape index (κ3) is 3.10. The summed E-state index contributed by atoms with van der Waals surface area (Å²) in [6, 6.07) is 4.06. The van der Waals surface area contributed by atoms with E-state index in [1.54, 1.807) is 0 Å². The molecule has 0 saturated heterocycles. The van der Waals surface area contributed by atoms with Crippen molar-refractivity contribution in [1.29, 1.82) is 0 Å². The lowest BCUT2D eigenvalue weighted by molar-refractivity contribution is -0.124. The first-order valence-corrected chi connectivity index (χ1v) is 9.95. The maximum absolute atomic E-state index is 12.9. The van der Waals surface area contributed by atoms with Crippen LogP contribution in [0.2, 0.25) is 0 Å². The molecular formula is C22H27N5O2. The van der Waals surface area contributed by atoms with Crippen LogP contribution in [0.15, 0.2) is 28.5 Å². The summed E-state index contributed by atoms with van der Waals surface area (Å²) in [5, 5.41) is 5.44. The van der Waals surface area contributed by atoms with Crippen LogP contribution >= 0.6 is 0 Å². The Hall–Kier alpha value is -3.09. The standard InChI is InChI=1S/C22H27N5O2/c1-12-6-5-7-14-15-8-19-16(22(3,4)21(29)27(19)11-20(23)28)9-17(15)25-18(14)10-24-26-13(12)2/h8-10,25-26H,5-7,11H2,1-4H3,(H2,23,28)/b13-12+,24-10+. The minimum absolute atomic E-state index is 0.0999. The van der Waals surface area contributed by atoms with Gasteiger partial charge in [-0.1, -0.05) is 5.57 Å². The zero-order valence-electron chi connectivity index (χ0n) is 17.3. The van der Waals surface area contributed by atoms with E-state index in [0.717, 1.165) is 52.8 Å². The Kier molecular flexibility index (Phi) is 4.48. The number of hydrogen-bond acceptors (Lipinski definition) is 4. The lowest BCUT2D eigenvalue weighted by Gasteiger charge is -2.18. The number of fused-ring (bicyclic) bond motifs is 4. The number of carbonyl (C=O) groups excluding carboxylic acids is 2. The summed E-state index contributed by atoms with van der Waals surface area (Å²) < 4.78 is 0. The largest absolute Gasteiger partial charge is 0.368 e. The number of nitrogens with zero attached hydrogens (tertiary/aromatic N) is 2. The Bertz CT molecular complexity index is 1090. The van der Waals surface area contributed by atoms with Crippen molar-refractivity contribution in [2.24, 2.45) is 10.8 Å². The summed E-state index contributed by atoms with van der Waals surface area (Å²) in [4.78, 5) is 29.5. The molecule has 2 aromatic rings. The molecule has 2 aliphatic heterocycles. The molecule has 1 aromatic carbocycles. The highest BCUT2D eigenvalue weighted by molar-refractivity contribution is 6.12. The van der Waals surface area contributed by atoms with E-state index in [0.29, 0.717) is 0 Å². The smallest absolute Gasteiger partial charge is 0.237 e. The molecule has 0 unspecified atom stereocenters. The number of benzene rings is 1. The third-order valence-corrected chi connectivity index (χ3v) is 6.16. The van der Waals surface area contributed by atoms with Gasteiger partial charge in [0.05, 0.1) is 17.3 Å². The third-order valence-electron chi connectivity index (χ3n) is 6.16. The quantitative estimate of drug-likeness (QED) is 0.731. The summed E-state index contributed by atoms with van der Waals surface area (Å²) in [5.41, 5.74) is 15.0. The van der Waals surface area contributed by atoms with Crippen molar-refractivity contribution < 1.29 is 9.59 Å². The number of nitrogens with one attached hydrogen (secondary N) is 2. The summed E-state index contributed by atoms with van der Waals surface area (Å²) in [5.74, 6) is -0.618. The van der Waals surface area contributed by atoms with Crippen molar-refractivity contribution in [1.82, 2.24) is 10.4 Å². The van der Waals surface area contributed by atoms with Gasteiger partial charge in [0, 0.05) is 22.3 Å². The molecule has 0 spiro atoms. The topological polar surface area (TPSA) is 104 Å². The Balaban J connectivity index is 1.86. The highest BCUT2D eigenvalue weighted by Crippen LogP contribution is 2.44. The number of hydrazone groups is 1. The summed E-state index contributed by atoms with van der Waals surface area (Å²) in [7, 11) is 0. The first-order valence-electron chi connectivity index (χ1n) is 9.95. The van der Waals surface area contributed by atoms with Gasteiger partial charge in [-0.25, -0.2) is 0 Å². The van der Waals surface area contributed by atoms with Gasteiger partial charge < -0.3 is 15.6 Å². The number of primary amides is 1. The van der Waals surface area contributed by atoms with Crippen LogP contribution in [0.5, 0.6) is 0 Å². The number of anilines is 1. The number of hydrogen-bond donors (Lipinski definition) is 3. The molecule has 7 heteroatoms. The summed E-state index contributed by atoms with van der Waals surface area (Å²) in [6.45, 7) is 7.82. The van der Waals surface area contributed by atoms with Crippen molar-refractivity contribution in [3.63, 3.8) is 0 Å². The summed E-state index contributed by atoms with van der Waals surface area (Å²) >= 11 is 0. The second-order valence-electron chi connectivity index (χ2n) is 8.54. The van der Waals surface area contributed by atoms with Crippen molar-refractivity contribution in [2.45, 2.75) is 52.4 Å². The van der Waals surface area contributed by atoms with Crippen LogP contribution in [-0.4, -0.2) is 29.6 Å². The number of H-pyrrole nitrogens is 1. The lowest BCUT2D eigenvalue weighted by Crippen LogP contribution is -2.41. The fourth-order valence-corrected chi connectivity index (χ4v) is 4.29. The van der Waals surface area contributed by atoms with Crippen LogP contribution in [0.4, 0.5) is 5.69 Å². The molecule has 0 bridgehead atoms. The highest BCUT2D eigenvalue weighted by Gasteiger charge is 2.44. The van der Waals surface area contributed by atoms with Crippen molar-refractivity contribution in [3.05, 3.63) is 40.2 Å². The van der Waals surface area contributed by atoms with Crippen LogP contribution in [0.25, 0.3) is 10.9 Å². The number of nitrogens with two attached hydrogens (primary N) is 1. The van der Waals surface area contributed by atoms with Crippen LogP contribution in [-0.2, 0) is 21.4 Å². The minimum atomic E-state index is -0.707. The molecule has 2 amide bonds. The van der Waals surface area contributed by atoms with E-state index in [1.165, 1.54) is 16.0 Å². The van der Waals surface area contributed by atoms with Crippen LogP contribution in [0.1, 0.15) is 57.4 Å². The number of rotatable bonds is 2. The monoisotopic (exact) mass is 393 g/mol. The molecule has 1 aromatic heterocycles. The highest BCUT2D eigenvalue weighted by atomic mass is 16.2. The first-order chi connectivity index (χ1) is 13.7. The maximum Gasteiger partial charge on any atom is 0.237 e. The molecule has 152 valence electrons. The molecule has 0 saturated carbocycles. The van der Waals surface area contributed by atoms with E-state index in [4.69, 9.17) is 5.73 Å². The van der Waals surface area contributed by atoms with Gasteiger partial charge in [-0.05, 0) is 70.2 Å². The predicted octanol–water partition coefficient (Wildman–Crippen LogP) is 2.83. The van der Waals surface area contributed by atoms with Gasteiger partial charge in [0.25, 0.3) is 0 Å². The van der Waals surface area contributed by atoms with Crippen molar-refractivity contribution >= 4 is 34.6 Å². The minimum Gasteiger partial charge on any atom is -0.368 e. The molecule has 0 atom stereocenters. The second-order valence-corrected chi connectivity index (χ2v) is 8.54. The Morgan fingerprint density at radius 3 is 2.76 bits per heavy atom. The number of aromatic amines is 1. The van der Waals surface area contributed by atoms with Crippen LogP contribution < -0.4 is 16.1 Å². The van der Waals surface area contributed by atoms with Gasteiger partial charge in [-0.2, -0.15) is 5.10 Å². The second kappa shape index (κ2) is 6.76. The number of allylic oxidation sites excluding steroid dienone is 2. The first kappa shape index (κ1) is 19.2. The molecule has 3 heterocycles. The zero-order valence-corrected chi connectivity index (χ0v) is 17.3. The van der Waals surface area contributed by atoms with Gasteiger partial charge >= 0.3 is 0 Å². The average molecular weight is 393 g/mol. The van der Waals surface area contributed by atoms with Crippen molar-refractivity contribution in [3.8, 4) is 0 Å². The van der Waals surface area contributed by atoms with E-state index < -0.39 is 11.3 Å². The van der Waals surface area contributed by atoms with Crippen LogP contribution in [0.3, 0.4) is 0 Å². The zero-order chi connectivity index (χ0) is 20.9. The predicted molar refractivity (Wildman–Crippen MR) is 115 cm³/mol. The number of aryl methyl sites for hydroxylation is 1. The SMILES string of the molecule is C/C1=C(/C)N/N=C/c2[nH]c3cc4c(cc3c2CCC1)N(CC(N)=O)C(=O)C4(C)C. The van der Waals surface area contributed by atoms with E-state index >= 15 is 0 Å². The maximum atomic E-state index is 12.9. The molecule has 7 nitrogen and oxygen atoms in total. The van der Waals surface area contributed by atoms with E-state index in [-0.39, 0.29) is 12.5 Å². The molecule has 29 heavy (non-hydrogen) atoms. The number of carbonyl (C=O) groups is 2. The normalized spacial score (nSPS) is 22.2. The summed E-state index contributed by atoms with van der Waals surface area (Å²) in [6.07, 6.45) is 4.73. The molecule has 0 radical (unpaired) electrons. The van der Waals surface area contributed by atoms with E-state index in [1.807, 2.05) is 39.1 Å². The molecular weight excluding hydrogens is 366 g/mol. The molecule has 4 N–H and O–H groups in total. The average Bonchev–Trinajstić information content (AvgIpc) is 3.08. The molecule has 0 aliphatic carbocycles. The van der Waals surface area contributed by atoms with Gasteiger partial charge in [0.1, 0.15) is 6.54 Å². The van der Waals surface area contributed by atoms with Crippen molar-refractivity contribution in [2.75, 3.05) is 11.4 Å². The Morgan fingerprint density at radius 1 is 1.28 bits per heavy atom. The fraction of sp³-hybridized carbons (Fsp3) is 0.409. The van der Waals surface area contributed by atoms with Gasteiger partial charge in [-0.15, -0.1) is 0 Å². The number of aromatic nitrogens is 1. The molecule has 0 fully saturated rings.